The van der Waals surface area contributed by atoms with E-state index in [9.17, 15) is 9.59 Å². The second kappa shape index (κ2) is 8.18. The summed E-state index contributed by atoms with van der Waals surface area (Å²) in [6, 6.07) is 18.9. The number of piperidine rings is 1. The minimum absolute atomic E-state index is 0.0883. The van der Waals surface area contributed by atoms with Gasteiger partial charge in [0.25, 0.3) is 5.91 Å². The van der Waals surface area contributed by atoms with Crippen molar-refractivity contribution in [3.05, 3.63) is 94.8 Å². The van der Waals surface area contributed by atoms with Crippen LogP contribution >= 0.6 is 0 Å². The van der Waals surface area contributed by atoms with Crippen molar-refractivity contribution in [3.63, 3.8) is 0 Å². The fourth-order valence-corrected chi connectivity index (χ4v) is 4.36. The molecule has 1 aromatic carbocycles. The van der Waals surface area contributed by atoms with E-state index in [1.165, 1.54) is 0 Å². The van der Waals surface area contributed by atoms with E-state index in [4.69, 9.17) is 0 Å². The molecule has 1 aliphatic heterocycles. The molecule has 0 spiro atoms. The van der Waals surface area contributed by atoms with E-state index in [-0.39, 0.29) is 17.6 Å². The van der Waals surface area contributed by atoms with Crippen LogP contribution in [0.4, 0.5) is 0 Å². The molecule has 7 heteroatoms. The summed E-state index contributed by atoms with van der Waals surface area (Å²) >= 11 is 0. The number of carbonyl (C=O) groups is 1. The van der Waals surface area contributed by atoms with Crippen molar-refractivity contribution in [2.75, 3.05) is 13.1 Å². The Morgan fingerprint density at radius 3 is 2.58 bits per heavy atom. The van der Waals surface area contributed by atoms with Crippen LogP contribution in [0.2, 0.25) is 0 Å². The predicted molar refractivity (Wildman–Crippen MR) is 118 cm³/mol. The van der Waals surface area contributed by atoms with E-state index in [2.05, 4.69) is 9.97 Å². The molecule has 4 heterocycles. The van der Waals surface area contributed by atoms with Crippen LogP contribution in [0.1, 0.15) is 34.9 Å². The second-order valence-electron chi connectivity index (χ2n) is 7.83. The Morgan fingerprint density at radius 2 is 1.77 bits per heavy atom. The van der Waals surface area contributed by atoms with Gasteiger partial charge in [0.15, 0.2) is 5.65 Å². The largest absolute Gasteiger partial charge is 0.335 e. The van der Waals surface area contributed by atoms with Gasteiger partial charge in [0, 0.05) is 25.5 Å². The molecule has 0 aliphatic carbocycles. The Kier molecular flexibility index (Phi) is 5.08. The maximum atomic E-state index is 13.5. The molecule has 1 atom stereocenters. The topological polar surface area (TPSA) is 73.0 Å². The number of imidazole rings is 1. The summed E-state index contributed by atoms with van der Waals surface area (Å²) < 4.78 is 3.55. The van der Waals surface area contributed by atoms with Crippen LogP contribution in [0.5, 0.6) is 0 Å². The van der Waals surface area contributed by atoms with Gasteiger partial charge < -0.3 is 4.90 Å². The summed E-state index contributed by atoms with van der Waals surface area (Å²) in [5, 5.41) is 0. The molecule has 4 aromatic rings. The molecule has 1 saturated heterocycles. The fourth-order valence-electron chi connectivity index (χ4n) is 4.36. The Balaban J connectivity index is 1.50. The molecule has 3 aromatic heterocycles. The molecular weight excluding hydrogens is 390 g/mol. The van der Waals surface area contributed by atoms with Gasteiger partial charge in [-0.3, -0.25) is 18.9 Å². The van der Waals surface area contributed by atoms with Gasteiger partial charge in [0.2, 0.25) is 0 Å². The number of hydrogen-bond acceptors (Lipinski definition) is 4. The second-order valence-corrected chi connectivity index (χ2v) is 7.83. The van der Waals surface area contributed by atoms with Crippen LogP contribution in [-0.4, -0.2) is 43.0 Å². The lowest BCUT2D eigenvalue weighted by atomic mass is 10.0. The van der Waals surface area contributed by atoms with Crippen LogP contribution in [0.25, 0.3) is 11.2 Å². The van der Waals surface area contributed by atoms with Crippen LogP contribution in [-0.2, 0) is 6.54 Å². The third-order valence-corrected chi connectivity index (χ3v) is 5.84. The number of hydrogen-bond donors (Lipinski definition) is 0. The van der Waals surface area contributed by atoms with E-state index < -0.39 is 0 Å². The van der Waals surface area contributed by atoms with Crippen molar-refractivity contribution in [1.82, 2.24) is 24.0 Å². The molecule has 7 nitrogen and oxygen atoms in total. The van der Waals surface area contributed by atoms with Crippen molar-refractivity contribution < 1.29 is 4.79 Å². The van der Waals surface area contributed by atoms with Gasteiger partial charge in [0.05, 0.1) is 18.1 Å². The average molecular weight is 413 g/mol. The highest BCUT2D eigenvalue weighted by atomic mass is 16.2. The molecule has 1 amide bonds. The molecule has 1 fully saturated rings. The molecule has 31 heavy (non-hydrogen) atoms. The van der Waals surface area contributed by atoms with E-state index in [0.717, 1.165) is 23.9 Å². The van der Waals surface area contributed by atoms with E-state index in [1.54, 1.807) is 38.6 Å². The third-order valence-electron chi connectivity index (χ3n) is 5.84. The minimum atomic E-state index is -0.122. The minimum Gasteiger partial charge on any atom is -0.335 e. The van der Waals surface area contributed by atoms with Crippen LogP contribution in [0.3, 0.4) is 0 Å². The molecule has 0 N–H and O–H groups in total. The number of fused-ring (bicyclic) bond motifs is 1. The quantitative estimate of drug-likeness (QED) is 0.515. The Morgan fingerprint density at radius 1 is 0.968 bits per heavy atom. The summed E-state index contributed by atoms with van der Waals surface area (Å²) in [5.41, 5.74) is 2.88. The summed E-state index contributed by atoms with van der Waals surface area (Å²) in [6.45, 7) is 1.62. The Bertz CT molecular complexity index is 1260. The smallest absolute Gasteiger partial charge is 0.330 e. The predicted octanol–water partition coefficient (Wildman–Crippen LogP) is 3.12. The number of rotatable bonds is 4. The number of aromatic nitrogens is 4. The molecule has 156 valence electrons. The summed E-state index contributed by atoms with van der Waals surface area (Å²) in [5.74, 6) is -0.0978. The number of carbonyl (C=O) groups excluding carboxylic acids is 1. The van der Waals surface area contributed by atoms with Gasteiger partial charge in [0.1, 0.15) is 5.69 Å². The van der Waals surface area contributed by atoms with Crippen molar-refractivity contribution in [3.8, 4) is 0 Å². The lowest BCUT2D eigenvalue weighted by Gasteiger charge is -2.33. The standard InChI is InChI=1S/C24H23N5O2/c30-23(20-11-4-5-13-25-20)27-15-7-10-19(17-27)29-22-21(12-6-14-26-22)28(24(29)31)16-18-8-2-1-3-9-18/h1-6,8-9,11-14,19H,7,10,15-17H2/t19-/m0/s1. The van der Waals surface area contributed by atoms with Gasteiger partial charge in [-0.05, 0) is 42.7 Å². The fraction of sp³-hybridized carbons (Fsp3) is 0.250. The number of nitrogens with zero attached hydrogens (tertiary/aromatic N) is 5. The van der Waals surface area contributed by atoms with Crippen LogP contribution < -0.4 is 5.69 Å². The van der Waals surface area contributed by atoms with Crippen molar-refractivity contribution in [2.45, 2.75) is 25.4 Å². The highest BCUT2D eigenvalue weighted by molar-refractivity contribution is 5.92. The van der Waals surface area contributed by atoms with Gasteiger partial charge >= 0.3 is 5.69 Å². The molecule has 0 bridgehead atoms. The Labute approximate surface area is 179 Å². The summed E-state index contributed by atoms with van der Waals surface area (Å²) in [4.78, 5) is 37.0. The first-order valence-corrected chi connectivity index (χ1v) is 10.5. The average Bonchev–Trinajstić information content (AvgIpc) is 3.11. The third kappa shape index (κ3) is 3.63. The first-order chi connectivity index (χ1) is 15.2. The Hall–Kier alpha value is -3.74. The van der Waals surface area contributed by atoms with Crippen LogP contribution in [0.15, 0.2) is 77.9 Å². The summed E-state index contributed by atoms with van der Waals surface area (Å²) in [7, 11) is 0. The number of amides is 1. The zero-order chi connectivity index (χ0) is 21.2. The van der Waals surface area contributed by atoms with Gasteiger partial charge in [-0.1, -0.05) is 36.4 Å². The van der Waals surface area contributed by atoms with Crippen molar-refractivity contribution in [1.29, 1.82) is 0 Å². The zero-order valence-corrected chi connectivity index (χ0v) is 17.1. The van der Waals surface area contributed by atoms with E-state index in [0.29, 0.717) is 31.0 Å². The van der Waals surface area contributed by atoms with Crippen molar-refractivity contribution in [2.24, 2.45) is 0 Å². The first kappa shape index (κ1) is 19.2. The van der Waals surface area contributed by atoms with Gasteiger partial charge in [-0.2, -0.15) is 0 Å². The molecule has 0 radical (unpaired) electrons. The normalized spacial score (nSPS) is 16.5. The molecule has 0 saturated carbocycles. The number of benzene rings is 1. The van der Waals surface area contributed by atoms with Gasteiger partial charge in [-0.25, -0.2) is 9.78 Å². The SMILES string of the molecule is O=C(c1ccccn1)N1CCC[C@H](n2c(=O)n(Cc3ccccc3)c3cccnc32)C1. The number of pyridine rings is 2. The molecular formula is C24H23N5O2. The molecule has 0 unspecified atom stereocenters. The van der Waals surface area contributed by atoms with E-state index >= 15 is 0 Å². The van der Waals surface area contributed by atoms with E-state index in [1.807, 2.05) is 48.5 Å². The monoisotopic (exact) mass is 413 g/mol. The molecule has 1 aliphatic rings. The molecule has 5 rings (SSSR count). The lowest BCUT2D eigenvalue weighted by Crippen LogP contribution is -2.43. The van der Waals surface area contributed by atoms with Crippen LogP contribution in [0, 0.1) is 0 Å². The lowest BCUT2D eigenvalue weighted by molar-refractivity contribution is 0.0673. The summed E-state index contributed by atoms with van der Waals surface area (Å²) in [6.07, 6.45) is 4.99. The highest BCUT2D eigenvalue weighted by Gasteiger charge is 2.29. The first-order valence-electron chi connectivity index (χ1n) is 10.5. The zero-order valence-electron chi connectivity index (χ0n) is 17.1. The maximum absolute atomic E-state index is 13.5. The maximum Gasteiger partial charge on any atom is 0.330 e. The highest BCUT2D eigenvalue weighted by Crippen LogP contribution is 2.25. The number of likely N-dealkylation sites (tertiary alicyclic amines) is 1. The van der Waals surface area contributed by atoms with Gasteiger partial charge in [-0.15, -0.1) is 0 Å². The van der Waals surface area contributed by atoms with Crippen molar-refractivity contribution >= 4 is 17.1 Å².